The van der Waals surface area contributed by atoms with Gasteiger partial charge in [-0.25, -0.2) is 4.98 Å². The molecule has 0 radical (unpaired) electrons. The third-order valence-electron chi connectivity index (χ3n) is 4.41. The van der Waals surface area contributed by atoms with Gasteiger partial charge in [-0.1, -0.05) is 55.5 Å². The van der Waals surface area contributed by atoms with E-state index >= 15 is 0 Å². The van der Waals surface area contributed by atoms with Crippen LogP contribution in [0.5, 0.6) is 0 Å². The van der Waals surface area contributed by atoms with Gasteiger partial charge in [-0.2, -0.15) is 15.1 Å². The normalized spacial score (nSPS) is 11.0. The van der Waals surface area contributed by atoms with E-state index in [0.29, 0.717) is 52.6 Å². The Morgan fingerprint density at radius 2 is 1.82 bits per heavy atom. The molecule has 2 aromatic heterocycles. The van der Waals surface area contributed by atoms with Crippen molar-refractivity contribution in [1.82, 2.24) is 25.1 Å². The molecule has 0 aliphatic heterocycles. The van der Waals surface area contributed by atoms with Gasteiger partial charge in [0.1, 0.15) is 11.5 Å². The number of hydrogen-bond donors (Lipinski definition) is 4. The second-order valence-corrected chi connectivity index (χ2v) is 6.31. The van der Waals surface area contributed by atoms with Crippen LogP contribution in [0.15, 0.2) is 48.5 Å². The quantitative estimate of drug-likeness (QED) is 0.375. The summed E-state index contributed by atoms with van der Waals surface area (Å²) in [5.41, 5.74) is 2.56. The summed E-state index contributed by atoms with van der Waals surface area (Å²) in [5, 5.41) is 30.3. The maximum atomic E-state index is 9.56. The van der Waals surface area contributed by atoms with E-state index in [1.165, 1.54) is 0 Å². The summed E-state index contributed by atoms with van der Waals surface area (Å²) >= 11 is 0. The topological polar surface area (TPSA) is 120 Å². The van der Waals surface area contributed by atoms with Crippen molar-refractivity contribution in [3.05, 3.63) is 59.9 Å². The summed E-state index contributed by atoms with van der Waals surface area (Å²) in [6.45, 7) is 2.57. The summed E-state index contributed by atoms with van der Waals surface area (Å²) in [6.07, 6.45) is 0.651. The molecule has 2 heterocycles. The SMILES string of the molecule is CCc1nc(NCc2ccccc2)nc(-c2n[nH]c3c(B(O)O)cccc23)n1. The number of rotatable bonds is 6. The molecule has 4 N–H and O–H groups in total. The van der Waals surface area contributed by atoms with Gasteiger partial charge in [0.2, 0.25) is 5.95 Å². The molecule has 8 nitrogen and oxygen atoms in total. The number of aromatic amines is 1. The zero-order valence-corrected chi connectivity index (χ0v) is 15.3. The molecule has 0 unspecified atom stereocenters. The zero-order chi connectivity index (χ0) is 19.5. The van der Waals surface area contributed by atoms with Crippen molar-refractivity contribution in [1.29, 1.82) is 0 Å². The van der Waals surface area contributed by atoms with Crippen molar-refractivity contribution in [2.45, 2.75) is 19.9 Å². The Labute approximate surface area is 161 Å². The number of nitrogens with one attached hydrogen (secondary N) is 2. The van der Waals surface area contributed by atoms with Crippen LogP contribution in [0.25, 0.3) is 22.4 Å². The minimum absolute atomic E-state index is 0.350. The molecule has 0 atom stereocenters. The molecule has 0 aliphatic rings. The molecule has 0 amide bonds. The second-order valence-electron chi connectivity index (χ2n) is 6.31. The number of H-pyrrole nitrogens is 1. The molecule has 4 rings (SSSR count). The highest BCUT2D eigenvalue weighted by atomic mass is 16.4. The third-order valence-corrected chi connectivity index (χ3v) is 4.41. The van der Waals surface area contributed by atoms with Gasteiger partial charge in [0.25, 0.3) is 0 Å². The van der Waals surface area contributed by atoms with E-state index in [0.717, 1.165) is 5.56 Å². The van der Waals surface area contributed by atoms with E-state index < -0.39 is 7.12 Å². The monoisotopic (exact) mass is 374 g/mol. The number of benzene rings is 2. The van der Waals surface area contributed by atoms with Crippen LogP contribution in [-0.2, 0) is 13.0 Å². The van der Waals surface area contributed by atoms with Crippen LogP contribution in [0.4, 0.5) is 5.95 Å². The van der Waals surface area contributed by atoms with Gasteiger partial charge < -0.3 is 15.4 Å². The van der Waals surface area contributed by atoms with Crippen LogP contribution in [0, 0.1) is 0 Å². The van der Waals surface area contributed by atoms with Crippen LogP contribution >= 0.6 is 0 Å². The number of aryl methyl sites for hydroxylation is 1. The zero-order valence-electron chi connectivity index (χ0n) is 15.3. The van der Waals surface area contributed by atoms with Crippen LogP contribution in [0.3, 0.4) is 0 Å². The number of aromatic nitrogens is 5. The van der Waals surface area contributed by atoms with Gasteiger partial charge in [0.05, 0.1) is 5.52 Å². The molecule has 2 aromatic carbocycles. The Hall–Kier alpha value is -3.30. The maximum absolute atomic E-state index is 9.56. The minimum atomic E-state index is -1.59. The fourth-order valence-electron chi connectivity index (χ4n) is 2.99. The fraction of sp³-hybridized carbons (Fsp3) is 0.158. The van der Waals surface area contributed by atoms with E-state index in [-0.39, 0.29) is 0 Å². The molecule has 28 heavy (non-hydrogen) atoms. The largest absolute Gasteiger partial charge is 0.490 e. The summed E-state index contributed by atoms with van der Waals surface area (Å²) in [4.78, 5) is 13.5. The first-order valence-electron chi connectivity index (χ1n) is 9.02. The first-order valence-corrected chi connectivity index (χ1v) is 9.02. The van der Waals surface area contributed by atoms with E-state index in [1.807, 2.05) is 43.3 Å². The molecule has 0 saturated heterocycles. The van der Waals surface area contributed by atoms with Crippen molar-refractivity contribution in [3.8, 4) is 11.5 Å². The third kappa shape index (κ3) is 3.57. The highest BCUT2D eigenvalue weighted by Gasteiger charge is 2.20. The number of fused-ring (bicyclic) bond motifs is 1. The molecule has 0 spiro atoms. The number of nitrogens with zero attached hydrogens (tertiary/aromatic N) is 4. The van der Waals surface area contributed by atoms with Crippen molar-refractivity contribution in [2.24, 2.45) is 0 Å². The first kappa shape index (κ1) is 18.1. The molecule has 0 bridgehead atoms. The van der Waals surface area contributed by atoms with Crippen molar-refractivity contribution in [2.75, 3.05) is 5.32 Å². The van der Waals surface area contributed by atoms with Gasteiger partial charge in [-0.3, -0.25) is 5.10 Å². The van der Waals surface area contributed by atoms with Gasteiger partial charge >= 0.3 is 7.12 Å². The predicted octanol–water partition coefficient (Wildman–Crippen LogP) is 1.27. The second kappa shape index (κ2) is 7.75. The van der Waals surface area contributed by atoms with Crippen LogP contribution in [-0.4, -0.2) is 42.3 Å². The molecule has 140 valence electrons. The van der Waals surface area contributed by atoms with Crippen molar-refractivity contribution >= 4 is 29.4 Å². The highest BCUT2D eigenvalue weighted by Crippen LogP contribution is 2.23. The number of anilines is 1. The summed E-state index contributed by atoms with van der Waals surface area (Å²) in [5.74, 6) is 1.55. The number of para-hydroxylation sites is 1. The summed E-state index contributed by atoms with van der Waals surface area (Å²) in [7, 11) is -1.59. The van der Waals surface area contributed by atoms with E-state index in [2.05, 4.69) is 30.5 Å². The Morgan fingerprint density at radius 1 is 1.00 bits per heavy atom. The molecular weight excluding hydrogens is 355 g/mol. The average molecular weight is 374 g/mol. The highest BCUT2D eigenvalue weighted by molar-refractivity contribution is 6.61. The van der Waals surface area contributed by atoms with E-state index in [1.54, 1.807) is 12.1 Å². The van der Waals surface area contributed by atoms with Gasteiger partial charge in [-0.15, -0.1) is 0 Å². The fourth-order valence-corrected chi connectivity index (χ4v) is 2.99. The van der Waals surface area contributed by atoms with Crippen molar-refractivity contribution in [3.63, 3.8) is 0 Å². The lowest BCUT2D eigenvalue weighted by atomic mass is 9.79. The van der Waals surface area contributed by atoms with Crippen molar-refractivity contribution < 1.29 is 10.0 Å². The Bertz CT molecular complexity index is 1100. The summed E-state index contributed by atoms with van der Waals surface area (Å²) in [6, 6.07) is 15.2. The number of hydrogen-bond acceptors (Lipinski definition) is 7. The predicted molar refractivity (Wildman–Crippen MR) is 108 cm³/mol. The molecule has 9 heteroatoms. The molecule has 4 aromatic rings. The lowest BCUT2D eigenvalue weighted by Gasteiger charge is -2.08. The van der Waals surface area contributed by atoms with E-state index in [4.69, 9.17) is 0 Å². The average Bonchev–Trinajstić information content (AvgIpc) is 3.17. The van der Waals surface area contributed by atoms with Crippen LogP contribution in [0.1, 0.15) is 18.3 Å². The molecule has 0 saturated carbocycles. The Kier molecular flexibility index (Phi) is 5.01. The minimum Gasteiger partial charge on any atom is -0.423 e. The Morgan fingerprint density at radius 3 is 2.57 bits per heavy atom. The van der Waals surface area contributed by atoms with Gasteiger partial charge in [-0.05, 0) is 5.56 Å². The Balaban J connectivity index is 1.72. The molecular formula is C19H19BN6O2. The smallest absolute Gasteiger partial charge is 0.423 e. The van der Waals surface area contributed by atoms with Gasteiger partial charge in [0, 0.05) is 23.8 Å². The van der Waals surface area contributed by atoms with Gasteiger partial charge in [0.15, 0.2) is 5.82 Å². The van der Waals surface area contributed by atoms with Crippen LogP contribution in [0.2, 0.25) is 0 Å². The summed E-state index contributed by atoms with van der Waals surface area (Å²) < 4.78 is 0. The standard InChI is InChI=1S/C19H19BN6O2/c1-2-15-22-18(24-19(23-15)21-11-12-7-4-3-5-8-12)17-13-9-6-10-14(20(27)28)16(13)25-26-17/h3-10,27-28H,2,11H2,1H3,(H,25,26)(H,21,22,23,24). The lowest BCUT2D eigenvalue weighted by Crippen LogP contribution is -2.30. The van der Waals surface area contributed by atoms with E-state index in [9.17, 15) is 10.0 Å². The molecule has 0 fully saturated rings. The molecule has 0 aliphatic carbocycles. The maximum Gasteiger partial charge on any atom is 0.490 e. The lowest BCUT2D eigenvalue weighted by molar-refractivity contribution is 0.426. The van der Waals surface area contributed by atoms with Crippen LogP contribution < -0.4 is 10.8 Å². The first-order chi connectivity index (χ1) is 13.7.